The molecule has 0 bridgehead atoms. The third kappa shape index (κ3) is 3.94. The Bertz CT molecular complexity index is 813. The Morgan fingerprint density at radius 3 is 2.67 bits per heavy atom. The maximum Gasteiger partial charge on any atom is 0.230 e. The van der Waals surface area contributed by atoms with Crippen molar-refractivity contribution in [3.63, 3.8) is 0 Å². The van der Waals surface area contributed by atoms with E-state index in [1.165, 1.54) is 0 Å². The van der Waals surface area contributed by atoms with E-state index < -0.39 is 0 Å². The van der Waals surface area contributed by atoms with Crippen LogP contribution in [-0.2, 0) is 0 Å². The maximum absolute atomic E-state index is 9.48. The number of nitrogens with zero attached hydrogens (tertiary/aromatic N) is 5. The lowest BCUT2D eigenvalue weighted by Crippen LogP contribution is -2.15. The zero-order valence-corrected chi connectivity index (χ0v) is 14.8. The zero-order chi connectivity index (χ0) is 17.7. The molecular formula is C16H18N6OS. The number of allylic oxidation sites excluding steroid dienone is 1. The molecule has 1 aromatic carbocycles. The summed E-state index contributed by atoms with van der Waals surface area (Å²) in [5, 5.41) is 9.48. The van der Waals surface area contributed by atoms with Crippen LogP contribution in [0.1, 0.15) is 11.4 Å². The first kappa shape index (κ1) is 17.6. The average Bonchev–Trinajstić information content (AvgIpc) is 2.58. The van der Waals surface area contributed by atoms with Gasteiger partial charge in [0.1, 0.15) is 11.8 Å². The third-order valence-electron chi connectivity index (χ3n) is 3.12. The predicted molar refractivity (Wildman–Crippen MR) is 96.8 cm³/mol. The molecule has 0 radical (unpaired) electrons. The summed E-state index contributed by atoms with van der Waals surface area (Å²) >= 11 is 1.59. The van der Waals surface area contributed by atoms with E-state index in [4.69, 9.17) is 10.5 Å². The van der Waals surface area contributed by atoms with Crippen LogP contribution in [-0.4, -0.2) is 42.4 Å². The van der Waals surface area contributed by atoms with Crippen LogP contribution in [0.3, 0.4) is 0 Å². The monoisotopic (exact) mass is 342 g/mol. The Kier molecular flexibility index (Phi) is 5.60. The normalized spacial score (nSPS) is 11.0. The van der Waals surface area contributed by atoms with Gasteiger partial charge in [0, 0.05) is 19.0 Å². The number of ether oxygens (including phenoxy) is 1. The number of benzene rings is 1. The van der Waals surface area contributed by atoms with E-state index in [-0.39, 0.29) is 11.8 Å². The molecule has 1 aromatic heterocycles. The van der Waals surface area contributed by atoms with Gasteiger partial charge in [-0.25, -0.2) is 0 Å². The number of methoxy groups -OCH3 is 1. The zero-order valence-electron chi connectivity index (χ0n) is 13.9. The molecule has 0 aliphatic rings. The fraction of sp³-hybridized carbons (Fsp3) is 0.250. The number of nitrogen functional groups attached to an aromatic ring is 1. The Balaban J connectivity index is 2.49. The van der Waals surface area contributed by atoms with Gasteiger partial charge in [0.15, 0.2) is 5.82 Å². The highest BCUT2D eigenvalue weighted by molar-refractivity contribution is 7.98. The summed E-state index contributed by atoms with van der Waals surface area (Å²) in [5.74, 6) is 1.45. The number of rotatable bonds is 5. The van der Waals surface area contributed by atoms with Crippen molar-refractivity contribution in [2.75, 3.05) is 38.1 Å². The highest BCUT2D eigenvalue weighted by Crippen LogP contribution is 2.29. The fourth-order valence-corrected chi connectivity index (χ4v) is 2.50. The first-order valence-electron chi connectivity index (χ1n) is 7.01. The van der Waals surface area contributed by atoms with E-state index in [2.05, 4.69) is 21.0 Å². The van der Waals surface area contributed by atoms with E-state index >= 15 is 0 Å². The number of aromatic nitrogens is 3. The molecule has 7 nitrogen and oxygen atoms in total. The molecular weight excluding hydrogens is 324 g/mol. The van der Waals surface area contributed by atoms with E-state index in [0.29, 0.717) is 11.5 Å². The SMILES string of the molecule is COc1cc(/C=C(/C#N)c2nc(N)nc(N(C)C)n2)ccc1SC. The molecule has 0 aliphatic heterocycles. The highest BCUT2D eigenvalue weighted by atomic mass is 32.2. The van der Waals surface area contributed by atoms with Crippen molar-refractivity contribution in [2.45, 2.75) is 4.90 Å². The molecule has 1 heterocycles. The maximum atomic E-state index is 9.48. The summed E-state index contributed by atoms with van der Waals surface area (Å²) in [7, 11) is 5.20. The summed E-state index contributed by atoms with van der Waals surface area (Å²) in [6.45, 7) is 0. The Labute approximate surface area is 145 Å². The molecule has 24 heavy (non-hydrogen) atoms. The molecule has 0 spiro atoms. The molecule has 2 rings (SSSR count). The number of hydrogen-bond acceptors (Lipinski definition) is 8. The smallest absolute Gasteiger partial charge is 0.230 e. The van der Waals surface area contributed by atoms with Crippen LogP contribution >= 0.6 is 11.8 Å². The lowest BCUT2D eigenvalue weighted by molar-refractivity contribution is 0.405. The van der Waals surface area contributed by atoms with Crippen LogP contribution in [0, 0.1) is 11.3 Å². The molecule has 0 fully saturated rings. The molecule has 0 aliphatic carbocycles. The lowest BCUT2D eigenvalue weighted by atomic mass is 10.1. The number of hydrogen-bond donors (Lipinski definition) is 1. The van der Waals surface area contributed by atoms with Gasteiger partial charge in [-0.3, -0.25) is 0 Å². The molecule has 8 heteroatoms. The number of nitrogens with two attached hydrogens (primary N) is 1. The predicted octanol–water partition coefficient (Wildman–Crippen LogP) is 2.31. The van der Waals surface area contributed by atoms with Crippen molar-refractivity contribution in [2.24, 2.45) is 0 Å². The van der Waals surface area contributed by atoms with E-state index in [0.717, 1.165) is 16.2 Å². The van der Waals surface area contributed by atoms with Gasteiger partial charge in [-0.15, -0.1) is 11.8 Å². The van der Waals surface area contributed by atoms with Crippen LogP contribution in [0.25, 0.3) is 11.6 Å². The van der Waals surface area contributed by atoms with Gasteiger partial charge in [-0.2, -0.15) is 20.2 Å². The minimum atomic E-state index is 0.0696. The summed E-state index contributed by atoms with van der Waals surface area (Å²) in [5.41, 5.74) is 6.83. The second-order valence-corrected chi connectivity index (χ2v) is 5.84. The molecule has 0 amide bonds. The van der Waals surface area contributed by atoms with Crippen molar-refractivity contribution in [3.8, 4) is 11.8 Å². The molecule has 2 aromatic rings. The number of thioether (sulfide) groups is 1. The van der Waals surface area contributed by atoms with E-state index in [1.54, 1.807) is 43.9 Å². The third-order valence-corrected chi connectivity index (χ3v) is 3.90. The van der Waals surface area contributed by atoms with Crippen molar-refractivity contribution >= 4 is 35.3 Å². The summed E-state index contributed by atoms with van der Waals surface area (Å²) in [6.07, 6.45) is 3.67. The number of anilines is 2. The number of nitriles is 1. The van der Waals surface area contributed by atoms with Gasteiger partial charge in [0.05, 0.1) is 12.7 Å². The van der Waals surface area contributed by atoms with Crippen molar-refractivity contribution in [1.29, 1.82) is 5.26 Å². The molecule has 2 N–H and O–H groups in total. The Morgan fingerprint density at radius 2 is 2.08 bits per heavy atom. The van der Waals surface area contributed by atoms with Gasteiger partial charge in [-0.1, -0.05) is 6.07 Å². The summed E-state index contributed by atoms with van der Waals surface area (Å²) in [6, 6.07) is 7.82. The van der Waals surface area contributed by atoms with Crippen LogP contribution in [0.2, 0.25) is 0 Å². The minimum absolute atomic E-state index is 0.0696. The van der Waals surface area contributed by atoms with Crippen molar-refractivity contribution < 1.29 is 4.74 Å². The molecule has 124 valence electrons. The first-order valence-corrected chi connectivity index (χ1v) is 8.24. The van der Waals surface area contributed by atoms with Crippen LogP contribution in [0.15, 0.2) is 23.1 Å². The standard InChI is InChI=1S/C16H18N6OS/c1-22(2)16-20-14(19-15(18)21-16)11(9-17)7-10-5-6-13(24-4)12(8-10)23-3/h5-8H,1-4H3,(H2,18,19,20,21)/b11-7-. The first-order chi connectivity index (χ1) is 11.5. The van der Waals surface area contributed by atoms with Crippen molar-refractivity contribution in [1.82, 2.24) is 15.0 Å². The van der Waals surface area contributed by atoms with Gasteiger partial charge < -0.3 is 15.4 Å². The van der Waals surface area contributed by atoms with E-state index in [9.17, 15) is 5.26 Å². The second-order valence-electron chi connectivity index (χ2n) is 5.00. The second kappa shape index (κ2) is 7.66. The van der Waals surface area contributed by atoms with Crippen molar-refractivity contribution in [3.05, 3.63) is 29.6 Å². The summed E-state index contributed by atoms with van der Waals surface area (Å²) in [4.78, 5) is 15.1. The summed E-state index contributed by atoms with van der Waals surface area (Å²) < 4.78 is 5.37. The largest absolute Gasteiger partial charge is 0.496 e. The van der Waals surface area contributed by atoms with E-state index in [1.807, 2.05) is 24.5 Å². The topological polar surface area (TPSA) is 101 Å². The quantitative estimate of drug-likeness (QED) is 0.652. The Morgan fingerprint density at radius 1 is 1.33 bits per heavy atom. The van der Waals surface area contributed by atoms with Gasteiger partial charge in [0.25, 0.3) is 0 Å². The van der Waals surface area contributed by atoms with Gasteiger partial charge >= 0.3 is 0 Å². The highest BCUT2D eigenvalue weighted by Gasteiger charge is 2.11. The molecule has 0 unspecified atom stereocenters. The fourth-order valence-electron chi connectivity index (χ4n) is 1.96. The lowest BCUT2D eigenvalue weighted by Gasteiger charge is -2.11. The van der Waals surface area contributed by atoms with Crippen LogP contribution in [0.4, 0.5) is 11.9 Å². The van der Waals surface area contributed by atoms with Crippen LogP contribution in [0.5, 0.6) is 5.75 Å². The van der Waals surface area contributed by atoms with Gasteiger partial charge in [-0.05, 0) is 30.0 Å². The molecule has 0 atom stereocenters. The molecule has 0 saturated heterocycles. The average molecular weight is 342 g/mol. The van der Waals surface area contributed by atoms with Gasteiger partial charge in [0.2, 0.25) is 11.9 Å². The van der Waals surface area contributed by atoms with Crippen LogP contribution < -0.4 is 15.4 Å². The minimum Gasteiger partial charge on any atom is -0.496 e. The molecule has 0 saturated carbocycles. The Hall–Kier alpha value is -2.79.